The van der Waals surface area contributed by atoms with Crippen molar-refractivity contribution in [3.63, 3.8) is 0 Å². The fourth-order valence-electron chi connectivity index (χ4n) is 5.34. The van der Waals surface area contributed by atoms with Gasteiger partial charge in [0.2, 0.25) is 11.8 Å². The molecule has 2 amide bonds. The number of aliphatic hydroxyl groups is 1. The van der Waals surface area contributed by atoms with Crippen molar-refractivity contribution in [2.45, 2.75) is 69.7 Å². The summed E-state index contributed by atoms with van der Waals surface area (Å²) in [4.78, 5) is 36.2. The van der Waals surface area contributed by atoms with E-state index < -0.39 is 6.10 Å². The predicted molar refractivity (Wildman–Crippen MR) is 122 cm³/mol. The van der Waals surface area contributed by atoms with Gasteiger partial charge in [0.15, 0.2) is 0 Å². The number of β-amino-alcohol motifs (C(OH)–C–C–N with tert-alkyl or cyclic N) is 1. The van der Waals surface area contributed by atoms with Crippen LogP contribution in [0.5, 0.6) is 0 Å². The summed E-state index contributed by atoms with van der Waals surface area (Å²) in [5, 5.41) is 13.3. The van der Waals surface area contributed by atoms with Gasteiger partial charge in [0.05, 0.1) is 18.7 Å². The predicted octanol–water partition coefficient (Wildman–Crippen LogP) is 1.00. The highest BCUT2D eigenvalue weighted by Crippen LogP contribution is 2.27. The minimum Gasteiger partial charge on any atom is -0.392 e. The van der Waals surface area contributed by atoms with Crippen molar-refractivity contribution in [2.75, 3.05) is 39.3 Å². The number of nitrogens with one attached hydrogen (secondary N) is 1. The van der Waals surface area contributed by atoms with Crippen LogP contribution in [-0.4, -0.2) is 94.1 Å². The summed E-state index contributed by atoms with van der Waals surface area (Å²) < 4.78 is 0. The van der Waals surface area contributed by atoms with E-state index in [2.05, 4.69) is 20.1 Å². The zero-order chi connectivity index (χ0) is 22.3. The second kappa shape index (κ2) is 11.2. The van der Waals surface area contributed by atoms with E-state index in [1.807, 2.05) is 17.0 Å². The molecule has 3 fully saturated rings. The fourth-order valence-corrected chi connectivity index (χ4v) is 5.34. The molecule has 32 heavy (non-hydrogen) atoms. The number of aromatic nitrogens is 1. The second-order valence-corrected chi connectivity index (χ2v) is 9.48. The van der Waals surface area contributed by atoms with Crippen LogP contribution in [-0.2, 0) is 16.1 Å². The number of amides is 2. The van der Waals surface area contributed by atoms with Crippen molar-refractivity contribution in [1.82, 2.24) is 25.0 Å². The Morgan fingerprint density at radius 1 is 1.09 bits per heavy atom. The summed E-state index contributed by atoms with van der Waals surface area (Å²) in [6.07, 6.45) is 10.1. The third-order valence-corrected chi connectivity index (χ3v) is 7.15. The number of rotatable bonds is 6. The molecule has 1 aromatic rings. The third kappa shape index (κ3) is 6.05. The Labute approximate surface area is 191 Å². The van der Waals surface area contributed by atoms with Gasteiger partial charge in [-0.1, -0.05) is 18.9 Å². The first-order valence-corrected chi connectivity index (χ1v) is 12.2. The van der Waals surface area contributed by atoms with Crippen LogP contribution in [0.15, 0.2) is 24.5 Å². The van der Waals surface area contributed by atoms with Crippen molar-refractivity contribution >= 4 is 11.8 Å². The van der Waals surface area contributed by atoms with Gasteiger partial charge in [-0.15, -0.1) is 0 Å². The van der Waals surface area contributed by atoms with E-state index in [0.29, 0.717) is 26.1 Å². The Morgan fingerprint density at radius 3 is 2.53 bits per heavy atom. The molecule has 0 aliphatic carbocycles. The van der Waals surface area contributed by atoms with Crippen molar-refractivity contribution in [2.24, 2.45) is 0 Å². The molecule has 0 saturated carbocycles. The molecular formula is C24H37N5O3. The molecule has 4 heterocycles. The van der Waals surface area contributed by atoms with Crippen molar-refractivity contribution in [3.05, 3.63) is 30.1 Å². The third-order valence-electron chi connectivity index (χ3n) is 7.15. The first-order valence-electron chi connectivity index (χ1n) is 12.2. The van der Waals surface area contributed by atoms with Gasteiger partial charge < -0.3 is 15.3 Å². The normalized spacial score (nSPS) is 26.1. The number of hydrogen-bond acceptors (Lipinski definition) is 6. The Kier molecular flexibility index (Phi) is 8.10. The minimum atomic E-state index is -0.480. The Hall–Kier alpha value is -2.03. The maximum Gasteiger partial charge on any atom is 0.237 e. The van der Waals surface area contributed by atoms with Crippen LogP contribution in [0.2, 0.25) is 0 Å². The molecule has 0 unspecified atom stereocenters. The van der Waals surface area contributed by atoms with Gasteiger partial charge in [-0.3, -0.25) is 24.4 Å². The van der Waals surface area contributed by atoms with Gasteiger partial charge in [-0.25, -0.2) is 0 Å². The Morgan fingerprint density at radius 2 is 1.84 bits per heavy atom. The van der Waals surface area contributed by atoms with E-state index in [0.717, 1.165) is 44.6 Å². The van der Waals surface area contributed by atoms with Crippen LogP contribution in [0.3, 0.4) is 0 Å². The largest absolute Gasteiger partial charge is 0.392 e. The monoisotopic (exact) mass is 443 g/mol. The van der Waals surface area contributed by atoms with Crippen LogP contribution in [0.4, 0.5) is 0 Å². The van der Waals surface area contributed by atoms with Crippen molar-refractivity contribution in [3.8, 4) is 0 Å². The van der Waals surface area contributed by atoms with Gasteiger partial charge in [0.25, 0.3) is 0 Å². The molecule has 0 spiro atoms. The SMILES string of the molecule is O=C(NCc1cccnc1)[C@@H]1C[C@@H](O)CN1C1CCN(C(=O)CN2CCCCCC2)CC1. The summed E-state index contributed by atoms with van der Waals surface area (Å²) in [5.41, 5.74) is 0.960. The molecule has 8 heteroatoms. The van der Waals surface area contributed by atoms with E-state index in [-0.39, 0.29) is 23.9 Å². The molecule has 3 aliphatic rings. The maximum absolute atomic E-state index is 12.9. The average molecular weight is 444 g/mol. The highest BCUT2D eigenvalue weighted by atomic mass is 16.3. The Balaban J connectivity index is 1.26. The van der Waals surface area contributed by atoms with E-state index >= 15 is 0 Å². The smallest absolute Gasteiger partial charge is 0.237 e. The lowest BCUT2D eigenvalue weighted by molar-refractivity contribution is -0.135. The van der Waals surface area contributed by atoms with Crippen molar-refractivity contribution in [1.29, 1.82) is 0 Å². The Bertz CT molecular complexity index is 745. The quantitative estimate of drug-likeness (QED) is 0.682. The molecule has 0 radical (unpaired) electrons. The number of piperidine rings is 1. The van der Waals surface area contributed by atoms with Gasteiger partial charge in [0.1, 0.15) is 0 Å². The number of carbonyl (C=O) groups excluding carboxylic acids is 2. The van der Waals surface area contributed by atoms with Gasteiger partial charge >= 0.3 is 0 Å². The van der Waals surface area contributed by atoms with E-state index in [9.17, 15) is 14.7 Å². The molecule has 176 valence electrons. The molecular weight excluding hydrogens is 406 g/mol. The van der Waals surface area contributed by atoms with Crippen LogP contribution in [0.25, 0.3) is 0 Å². The van der Waals surface area contributed by atoms with Crippen LogP contribution in [0, 0.1) is 0 Å². The molecule has 8 nitrogen and oxygen atoms in total. The number of pyridine rings is 1. The van der Waals surface area contributed by atoms with E-state index in [1.54, 1.807) is 12.4 Å². The molecule has 0 bridgehead atoms. The number of nitrogens with zero attached hydrogens (tertiary/aromatic N) is 4. The average Bonchev–Trinajstić information content (AvgIpc) is 3.03. The maximum atomic E-state index is 12.9. The lowest BCUT2D eigenvalue weighted by Gasteiger charge is -2.39. The first kappa shape index (κ1) is 23.1. The summed E-state index contributed by atoms with van der Waals surface area (Å²) in [7, 11) is 0. The summed E-state index contributed by atoms with van der Waals surface area (Å²) >= 11 is 0. The fraction of sp³-hybridized carbons (Fsp3) is 0.708. The number of aliphatic hydroxyl groups excluding tert-OH is 1. The molecule has 3 saturated heterocycles. The van der Waals surface area contributed by atoms with Crippen LogP contribution in [0.1, 0.15) is 50.5 Å². The first-order chi connectivity index (χ1) is 15.6. The summed E-state index contributed by atoms with van der Waals surface area (Å²) in [5.74, 6) is 0.197. The molecule has 2 atom stereocenters. The second-order valence-electron chi connectivity index (χ2n) is 9.48. The lowest BCUT2D eigenvalue weighted by atomic mass is 10.0. The summed E-state index contributed by atoms with van der Waals surface area (Å²) in [6.45, 7) is 5.02. The standard InChI is InChI=1S/C24H37N5O3/c30-21-14-22(24(32)26-16-19-6-5-9-25-15-19)29(17-21)20-7-12-28(13-8-20)23(31)18-27-10-3-1-2-4-11-27/h5-6,9,15,20-22,30H,1-4,7-8,10-14,16-18H2,(H,26,32)/t21-,22+/m1/s1. The number of likely N-dealkylation sites (tertiary alicyclic amines) is 3. The molecule has 0 aromatic carbocycles. The zero-order valence-corrected chi connectivity index (χ0v) is 19.0. The van der Waals surface area contributed by atoms with Crippen molar-refractivity contribution < 1.29 is 14.7 Å². The summed E-state index contributed by atoms with van der Waals surface area (Å²) in [6, 6.07) is 3.71. The number of carbonyl (C=O) groups is 2. The molecule has 2 N–H and O–H groups in total. The highest BCUT2D eigenvalue weighted by molar-refractivity contribution is 5.82. The topological polar surface area (TPSA) is 89.0 Å². The van der Waals surface area contributed by atoms with Gasteiger partial charge in [-0.2, -0.15) is 0 Å². The molecule has 3 aliphatic heterocycles. The molecule has 4 rings (SSSR count). The zero-order valence-electron chi connectivity index (χ0n) is 19.0. The van der Waals surface area contributed by atoms with Gasteiger partial charge in [-0.05, 0) is 56.8 Å². The van der Waals surface area contributed by atoms with E-state index in [1.165, 1.54) is 25.7 Å². The van der Waals surface area contributed by atoms with Gasteiger partial charge in [0, 0.05) is 44.6 Å². The minimum absolute atomic E-state index is 0.0370. The highest BCUT2D eigenvalue weighted by Gasteiger charge is 2.41. The van der Waals surface area contributed by atoms with Crippen LogP contribution >= 0.6 is 0 Å². The number of hydrogen-bond donors (Lipinski definition) is 2. The van der Waals surface area contributed by atoms with Crippen LogP contribution < -0.4 is 5.32 Å². The molecule has 1 aromatic heterocycles. The lowest BCUT2D eigenvalue weighted by Crippen LogP contribution is -2.53. The van der Waals surface area contributed by atoms with E-state index in [4.69, 9.17) is 0 Å².